The van der Waals surface area contributed by atoms with Crippen molar-refractivity contribution in [3.05, 3.63) is 64.8 Å². The van der Waals surface area contributed by atoms with Gasteiger partial charge < -0.3 is 4.98 Å². The summed E-state index contributed by atoms with van der Waals surface area (Å²) < 4.78 is 3.44. The highest BCUT2D eigenvalue weighted by Gasteiger charge is 2.30. The molecule has 4 aromatic rings. The molecule has 5 rings (SSSR count). The largest absolute Gasteiger partial charge is 0.360 e. The fraction of sp³-hybridized carbons (Fsp3) is 0.200. The van der Waals surface area contributed by atoms with Gasteiger partial charge in [-0.05, 0) is 36.6 Å². The van der Waals surface area contributed by atoms with Gasteiger partial charge in [-0.2, -0.15) is 0 Å². The number of nitrogens with one attached hydrogen (secondary N) is 1. The normalized spacial score (nSPS) is 14.2. The summed E-state index contributed by atoms with van der Waals surface area (Å²) >= 11 is 5.25. The number of H-pyrrole nitrogens is 1. The number of hydrogen-bond donors (Lipinski definition) is 1. The molecule has 1 N–H and O–H groups in total. The summed E-state index contributed by atoms with van der Waals surface area (Å²) in [5.74, 6) is 1.87. The van der Waals surface area contributed by atoms with Crippen LogP contribution in [0.4, 0.5) is 0 Å². The molecule has 0 bridgehead atoms. The first-order valence-corrected chi connectivity index (χ1v) is 10.5. The highest BCUT2D eigenvalue weighted by atomic mass is 79.9. The lowest BCUT2D eigenvalue weighted by Crippen LogP contribution is -1.99. The second kappa shape index (κ2) is 6.59. The lowest BCUT2D eigenvalue weighted by atomic mass is 10.1. The summed E-state index contributed by atoms with van der Waals surface area (Å²) in [4.78, 5) is 3.35. The number of benzene rings is 2. The number of fused-ring (bicyclic) bond motifs is 1. The molecule has 0 saturated heterocycles. The molecule has 2 aromatic heterocycles. The molecule has 0 amide bonds. The van der Waals surface area contributed by atoms with Crippen LogP contribution in [0.3, 0.4) is 0 Å². The molecule has 1 fully saturated rings. The molecule has 0 aliphatic heterocycles. The first kappa shape index (κ1) is 16.1. The van der Waals surface area contributed by atoms with Gasteiger partial charge in [-0.1, -0.05) is 58.0 Å². The number of para-hydroxylation sites is 1. The summed E-state index contributed by atoms with van der Waals surface area (Å²) in [6.07, 6.45) is 4.47. The van der Waals surface area contributed by atoms with Crippen molar-refractivity contribution < 1.29 is 0 Å². The van der Waals surface area contributed by atoms with E-state index in [0.29, 0.717) is 6.04 Å². The topological polar surface area (TPSA) is 46.5 Å². The molecular formula is C20H17BrN4S. The van der Waals surface area contributed by atoms with Gasteiger partial charge in [-0.25, -0.2) is 0 Å². The fourth-order valence-corrected chi connectivity index (χ4v) is 4.43. The first-order valence-electron chi connectivity index (χ1n) is 8.68. The van der Waals surface area contributed by atoms with Gasteiger partial charge in [0.15, 0.2) is 11.0 Å². The molecule has 6 heteroatoms. The van der Waals surface area contributed by atoms with E-state index in [0.717, 1.165) is 32.3 Å². The minimum absolute atomic E-state index is 0.529. The number of aromatic amines is 1. The molecule has 130 valence electrons. The average molecular weight is 425 g/mol. The van der Waals surface area contributed by atoms with E-state index < -0.39 is 0 Å². The van der Waals surface area contributed by atoms with Gasteiger partial charge >= 0.3 is 0 Å². The Morgan fingerprint density at radius 3 is 2.69 bits per heavy atom. The Bertz CT molecular complexity index is 1060. The van der Waals surface area contributed by atoms with Gasteiger partial charge in [0, 0.05) is 38.9 Å². The Morgan fingerprint density at radius 1 is 1.08 bits per heavy atom. The standard InChI is InChI=1S/C20H17BrN4S/c21-14-7-5-13(6-8-14)12-26-20-24-23-19(25(20)15-9-10-15)17-11-22-18-4-2-1-3-16(17)18/h1-8,11,15,22H,9-10,12H2. The minimum Gasteiger partial charge on any atom is -0.360 e. The van der Waals surface area contributed by atoms with Crippen molar-refractivity contribution in [1.82, 2.24) is 19.7 Å². The molecule has 1 saturated carbocycles. The van der Waals surface area contributed by atoms with E-state index in [9.17, 15) is 0 Å². The Kier molecular flexibility index (Phi) is 4.10. The van der Waals surface area contributed by atoms with E-state index in [1.54, 1.807) is 11.8 Å². The summed E-state index contributed by atoms with van der Waals surface area (Å²) in [5, 5.41) is 11.3. The Morgan fingerprint density at radius 2 is 1.88 bits per heavy atom. The maximum Gasteiger partial charge on any atom is 0.192 e. The molecule has 4 nitrogen and oxygen atoms in total. The monoisotopic (exact) mass is 424 g/mol. The zero-order chi connectivity index (χ0) is 17.5. The number of rotatable bonds is 5. The van der Waals surface area contributed by atoms with Gasteiger partial charge in [-0.15, -0.1) is 10.2 Å². The van der Waals surface area contributed by atoms with Crippen molar-refractivity contribution >= 4 is 38.6 Å². The molecule has 0 atom stereocenters. The highest BCUT2D eigenvalue weighted by Crippen LogP contribution is 2.42. The van der Waals surface area contributed by atoms with Crippen LogP contribution in [-0.4, -0.2) is 19.7 Å². The third-order valence-electron chi connectivity index (χ3n) is 4.69. The predicted octanol–water partition coefficient (Wildman–Crippen LogP) is 5.82. The molecular weight excluding hydrogens is 408 g/mol. The van der Waals surface area contributed by atoms with Crippen molar-refractivity contribution in [2.45, 2.75) is 29.8 Å². The van der Waals surface area contributed by atoms with E-state index in [1.165, 1.54) is 23.8 Å². The van der Waals surface area contributed by atoms with Crippen LogP contribution in [0.25, 0.3) is 22.3 Å². The van der Waals surface area contributed by atoms with Crippen molar-refractivity contribution in [2.75, 3.05) is 0 Å². The number of halogens is 1. The smallest absolute Gasteiger partial charge is 0.192 e. The third kappa shape index (κ3) is 2.97. The van der Waals surface area contributed by atoms with Gasteiger partial charge in [-0.3, -0.25) is 4.57 Å². The number of nitrogens with zero attached hydrogens (tertiary/aromatic N) is 3. The number of thioether (sulfide) groups is 1. The molecule has 2 aromatic carbocycles. The van der Waals surface area contributed by atoms with Crippen molar-refractivity contribution in [1.29, 1.82) is 0 Å². The van der Waals surface area contributed by atoms with Crippen LogP contribution in [0.1, 0.15) is 24.4 Å². The summed E-state index contributed by atoms with van der Waals surface area (Å²) in [6, 6.07) is 17.3. The maximum absolute atomic E-state index is 4.56. The zero-order valence-corrected chi connectivity index (χ0v) is 16.4. The Labute approximate surface area is 164 Å². The second-order valence-electron chi connectivity index (χ2n) is 6.57. The number of hydrogen-bond acceptors (Lipinski definition) is 3. The van der Waals surface area contributed by atoms with Gasteiger partial charge in [0.2, 0.25) is 0 Å². The molecule has 26 heavy (non-hydrogen) atoms. The fourth-order valence-electron chi connectivity index (χ4n) is 3.21. The summed E-state index contributed by atoms with van der Waals surface area (Å²) in [7, 11) is 0. The van der Waals surface area contributed by atoms with E-state index in [2.05, 4.69) is 84.3 Å². The van der Waals surface area contributed by atoms with Gasteiger partial charge in [0.25, 0.3) is 0 Å². The molecule has 0 unspecified atom stereocenters. The second-order valence-corrected chi connectivity index (χ2v) is 8.43. The highest BCUT2D eigenvalue weighted by molar-refractivity contribution is 9.10. The quantitative estimate of drug-likeness (QED) is 0.410. The minimum atomic E-state index is 0.529. The Hall–Kier alpha value is -2.05. The Balaban J connectivity index is 1.49. The molecule has 2 heterocycles. The average Bonchev–Trinajstić information content (AvgIpc) is 3.28. The van der Waals surface area contributed by atoms with E-state index >= 15 is 0 Å². The van der Waals surface area contributed by atoms with Crippen LogP contribution < -0.4 is 0 Å². The lowest BCUT2D eigenvalue weighted by Gasteiger charge is -2.08. The van der Waals surface area contributed by atoms with Crippen LogP contribution in [0.15, 0.2) is 64.4 Å². The maximum atomic E-state index is 4.56. The SMILES string of the molecule is Brc1ccc(CSc2nnc(-c3c[nH]c4ccccc34)n2C2CC2)cc1. The van der Waals surface area contributed by atoms with Gasteiger partial charge in [0.1, 0.15) is 0 Å². The zero-order valence-electron chi connectivity index (χ0n) is 14.0. The summed E-state index contributed by atoms with van der Waals surface area (Å²) in [5.41, 5.74) is 3.56. The van der Waals surface area contributed by atoms with Crippen molar-refractivity contribution in [3.8, 4) is 11.4 Å². The molecule has 0 spiro atoms. The van der Waals surface area contributed by atoms with E-state index in [4.69, 9.17) is 0 Å². The van der Waals surface area contributed by atoms with E-state index in [1.807, 2.05) is 6.07 Å². The third-order valence-corrected chi connectivity index (χ3v) is 6.23. The molecule has 0 radical (unpaired) electrons. The predicted molar refractivity (Wildman–Crippen MR) is 109 cm³/mol. The number of aromatic nitrogens is 4. The van der Waals surface area contributed by atoms with Crippen LogP contribution in [0.2, 0.25) is 0 Å². The molecule has 1 aliphatic carbocycles. The van der Waals surface area contributed by atoms with Crippen molar-refractivity contribution in [2.24, 2.45) is 0 Å². The van der Waals surface area contributed by atoms with Crippen LogP contribution in [0, 0.1) is 0 Å². The first-order chi connectivity index (χ1) is 12.8. The van der Waals surface area contributed by atoms with Crippen molar-refractivity contribution in [3.63, 3.8) is 0 Å². The van der Waals surface area contributed by atoms with Crippen LogP contribution >= 0.6 is 27.7 Å². The van der Waals surface area contributed by atoms with E-state index in [-0.39, 0.29) is 0 Å². The lowest BCUT2D eigenvalue weighted by molar-refractivity contribution is 0.669. The van der Waals surface area contributed by atoms with Crippen LogP contribution in [-0.2, 0) is 5.75 Å². The van der Waals surface area contributed by atoms with Crippen LogP contribution in [0.5, 0.6) is 0 Å². The van der Waals surface area contributed by atoms with Gasteiger partial charge in [0.05, 0.1) is 0 Å². The molecule has 1 aliphatic rings. The summed E-state index contributed by atoms with van der Waals surface area (Å²) in [6.45, 7) is 0.